The van der Waals surface area contributed by atoms with Gasteiger partial charge in [0, 0.05) is 23.7 Å². The summed E-state index contributed by atoms with van der Waals surface area (Å²) in [4.78, 5) is 13.8. The number of piperidine rings is 1. The van der Waals surface area contributed by atoms with E-state index in [1.807, 2.05) is 41.2 Å². The molecule has 1 saturated heterocycles. The van der Waals surface area contributed by atoms with Gasteiger partial charge in [0.2, 0.25) is 0 Å². The molecular formula is C28H29Cl2N3O3. The maximum atomic E-state index is 11.3. The van der Waals surface area contributed by atoms with Crippen LogP contribution < -0.4 is 4.90 Å². The number of para-hydroxylation sites is 1. The van der Waals surface area contributed by atoms with Gasteiger partial charge in [-0.15, -0.1) is 0 Å². The molecule has 2 aromatic carbocycles. The van der Waals surface area contributed by atoms with Crippen molar-refractivity contribution in [3.05, 3.63) is 75.5 Å². The average molecular weight is 526 g/mol. The molecule has 0 spiro atoms. The van der Waals surface area contributed by atoms with Crippen LogP contribution in [0.4, 0.5) is 5.69 Å². The molecule has 1 aromatic heterocycles. The molecule has 2 aliphatic carbocycles. The second-order valence-electron chi connectivity index (χ2n) is 10.2. The summed E-state index contributed by atoms with van der Waals surface area (Å²) in [6.45, 7) is 2.70. The first kappa shape index (κ1) is 23.8. The van der Waals surface area contributed by atoms with Crippen LogP contribution in [0.2, 0.25) is 10.0 Å². The number of carboxylic acids is 1. The van der Waals surface area contributed by atoms with Crippen molar-refractivity contribution >= 4 is 34.9 Å². The molecule has 2 saturated carbocycles. The van der Waals surface area contributed by atoms with Gasteiger partial charge in [-0.1, -0.05) is 36.2 Å². The fourth-order valence-electron chi connectivity index (χ4n) is 6.32. The summed E-state index contributed by atoms with van der Waals surface area (Å²) in [7, 11) is 0. The van der Waals surface area contributed by atoms with Crippen molar-refractivity contribution in [3.8, 4) is 5.69 Å². The van der Waals surface area contributed by atoms with Crippen LogP contribution in [-0.2, 0) is 11.3 Å². The first-order chi connectivity index (χ1) is 17.5. The quantitative estimate of drug-likeness (QED) is 0.353. The number of carbonyl (C=O) groups is 1. The third-order valence-corrected chi connectivity index (χ3v) is 8.71. The molecule has 0 amide bonds. The van der Waals surface area contributed by atoms with Gasteiger partial charge in [-0.25, -0.2) is 9.48 Å². The number of aromatic carboxylic acids is 1. The maximum absolute atomic E-state index is 11.3. The maximum Gasteiger partial charge on any atom is 0.335 e. The first-order valence-electron chi connectivity index (χ1n) is 12.7. The molecule has 2 heterocycles. The Balaban J connectivity index is 1.22. The molecule has 36 heavy (non-hydrogen) atoms. The molecule has 3 aliphatic rings. The zero-order valence-corrected chi connectivity index (χ0v) is 21.6. The number of carboxylic acid groups (broad SMARTS) is 1. The zero-order chi connectivity index (χ0) is 25.0. The number of fused-ring (bicyclic) bond motifs is 2. The Morgan fingerprint density at radius 2 is 1.83 bits per heavy atom. The molecule has 1 unspecified atom stereocenters. The molecule has 8 heteroatoms. The van der Waals surface area contributed by atoms with Gasteiger partial charge < -0.3 is 14.7 Å². The van der Waals surface area contributed by atoms with Gasteiger partial charge in [-0.2, -0.15) is 5.10 Å². The first-order valence-corrected chi connectivity index (χ1v) is 13.5. The summed E-state index contributed by atoms with van der Waals surface area (Å²) in [6, 6.07) is 13.6. The third kappa shape index (κ3) is 4.09. The topological polar surface area (TPSA) is 67.6 Å². The van der Waals surface area contributed by atoms with Crippen LogP contribution in [0.1, 0.15) is 66.6 Å². The normalized spacial score (nSPS) is 25.0. The molecule has 1 aliphatic heterocycles. The van der Waals surface area contributed by atoms with E-state index in [1.54, 1.807) is 12.1 Å². The summed E-state index contributed by atoms with van der Waals surface area (Å²) in [5.41, 5.74) is 4.41. The van der Waals surface area contributed by atoms with Crippen LogP contribution >= 0.6 is 23.2 Å². The fraction of sp³-hybridized carbons (Fsp3) is 0.429. The van der Waals surface area contributed by atoms with Crippen molar-refractivity contribution < 1.29 is 14.6 Å². The van der Waals surface area contributed by atoms with Gasteiger partial charge in [0.1, 0.15) is 5.69 Å². The van der Waals surface area contributed by atoms with E-state index < -0.39 is 5.97 Å². The van der Waals surface area contributed by atoms with E-state index in [1.165, 1.54) is 18.4 Å². The number of hydrogen-bond acceptors (Lipinski definition) is 4. The Morgan fingerprint density at radius 1 is 1.11 bits per heavy atom. The summed E-state index contributed by atoms with van der Waals surface area (Å²) in [6.07, 6.45) is 7.55. The van der Waals surface area contributed by atoms with E-state index in [0.29, 0.717) is 51.8 Å². The standard InChI is InChI=1S/C28H29Cl2N3O3/c1-2-24-20-12-19(32(24)18-10-8-17(9-11-18)28(34)35)13-26(20)36-15-25-21(16-6-7-16)14-31-33(25)27-22(29)4-3-5-23(27)30/h3-5,8-11,14,16,19-20,24,26H,2,6-7,12-13,15H2,1H3,(H,34,35)/t19?,20-,24+,26+/m1/s1. The largest absolute Gasteiger partial charge is 0.478 e. The number of halogens is 2. The monoisotopic (exact) mass is 525 g/mol. The minimum absolute atomic E-state index is 0.173. The average Bonchev–Trinajstić information content (AvgIpc) is 3.36. The molecule has 3 aromatic rings. The Bertz CT molecular complexity index is 1270. The lowest BCUT2D eigenvalue weighted by Gasteiger charge is -2.40. The molecular weight excluding hydrogens is 497 g/mol. The second-order valence-corrected chi connectivity index (χ2v) is 11.0. The molecule has 0 radical (unpaired) electrons. The predicted octanol–water partition coefficient (Wildman–Crippen LogP) is 6.72. The van der Waals surface area contributed by atoms with Crippen LogP contribution in [0.15, 0.2) is 48.7 Å². The van der Waals surface area contributed by atoms with Gasteiger partial charge in [0.15, 0.2) is 0 Å². The summed E-state index contributed by atoms with van der Waals surface area (Å²) < 4.78 is 8.53. The van der Waals surface area contributed by atoms with Crippen LogP contribution in [0.25, 0.3) is 5.69 Å². The third-order valence-electron chi connectivity index (χ3n) is 8.10. The van der Waals surface area contributed by atoms with Gasteiger partial charge >= 0.3 is 5.97 Å². The number of ether oxygens (including phenoxy) is 1. The van der Waals surface area contributed by atoms with E-state index in [2.05, 4.69) is 16.9 Å². The zero-order valence-electron chi connectivity index (χ0n) is 20.1. The van der Waals surface area contributed by atoms with Crippen molar-refractivity contribution in [2.24, 2.45) is 5.92 Å². The molecule has 6 rings (SSSR count). The molecule has 188 valence electrons. The highest BCUT2D eigenvalue weighted by Crippen LogP contribution is 2.48. The number of benzene rings is 2. The summed E-state index contributed by atoms with van der Waals surface area (Å²) >= 11 is 13.1. The predicted molar refractivity (Wildman–Crippen MR) is 141 cm³/mol. The van der Waals surface area contributed by atoms with Crippen LogP contribution in [0, 0.1) is 5.92 Å². The van der Waals surface area contributed by atoms with Crippen molar-refractivity contribution in [3.63, 3.8) is 0 Å². The number of aromatic nitrogens is 2. The summed E-state index contributed by atoms with van der Waals surface area (Å²) in [5, 5.41) is 15.1. The number of rotatable bonds is 8. The minimum atomic E-state index is -0.895. The van der Waals surface area contributed by atoms with Gasteiger partial charge in [-0.05, 0) is 80.0 Å². The molecule has 4 atom stereocenters. The summed E-state index contributed by atoms with van der Waals surface area (Å²) in [5.74, 6) is 0.0722. The Kier molecular flexibility index (Phi) is 6.22. The van der Waals surface area contributed by atoms with E-state index >= 15 is 0 Å². The number of anilines is 1. The minimum Gasteiger partial charge on any atom is -0.478 e. The fourth-order valence-corrected chi connectivity index (χ4v) is 6.88. The lowest BCUT2D eigenvalue weighted by atomic mass is 9.93. The Morgan fingerprint density at radius 3 is 2.47 bits per heavy atom. The van der Waals surface area contributed by atoms with Gasteiger partial charge in [0.25, 0.3) is 0 Å². The van der Waals surface area contributed by atoms with Crippen molar-refractivity contribution in [2.75, 3.05) is 4.90 Å². The lowest BCUT2D eigenvalue weighted by Crippen LogP contribution is -2.46. The van der Waals surface area contributed by atoms with Crippen LogP contribution in [-0.4, -0.2) is 39.0 Å². The Hall–Kier alpha value is -2.54. The van der Waals surface area contributed by atoms with Crippen LogP contribution in [0.3, 0.4) is 0 Å². The van der Waals surface area contributed by atoms with E-state index in [4.69, 9.17) is 27.9 Å². The van der Waals surface area contributed by atoms with Crippen molar-refractivity contribution in [1.82, 2.24) is 9.78 Å². The van der Waals surface area contributed by atoms with Crippen molar-refractivity contribution in [1.29, 1.82) is 0 Å². The molecule has 1 N–H and O–H groups in total. The van der Waals surface area contributed by atoms with Gasteiger partial charge in [0.05, 0.1) is 40.2 Å². The SMILES string of the molecule is CC[C@H]1[C@H]2CC(C[C@@H]2OCc2c(C3CC3)cnn2-c2c(Cl)cccc2Cl)N1c1ccc(C(=O)O)cc1. The van der Waals surface area contributed by atoms with Crippen LogP contribution in [0.5, 0.6) is 0 Å². The van der Waals surface area contributed by atoms with Crippen molar-refractivity contribution in [2.45, 2.75) is 69.7 Å². The molecule has 3 fully saturated rings. The highest BCUT2D eigenvalue weighted by atomic mass is 35.5. The van der Waals surface area contributed by atoms with E-state index in [-0.39, 0.29) is 6.10 Å². The van der Waals surface area contributed by atoms with Gasteiger partial charge in [-0.3, -0.25) is 0 Å². The van der Waals surface area contributed by atoms with E-state index in [9.17, 15) is 9.90 Å². The second kappa shape index (κ2) is 9.40. The van der Waals surface area contributed by atoms with E-state index in [0.717, 1.165) is 30.6 Å². The Labute approximate surface area is 220 Å². The lowest BCUT2D eigenvalue weighted by molar-refractivity contribution is -0.000564. The molecule has 6 nitrogen and oxygen atoms in total. The number of nitrogens with zero attached hydrogens (tertiary/aromatic N) is 3. The highest BCUT2D eigenvalue weighted by Gasteiger charge is 2.51. The highest BCUT2D eigenvalue weighted by molar-refractivity contribution is 6.37. The smallest absolute Gasteiger partial charge is 0.335 e. The molecule has 2 bridgehead atoms. The number of hydrogen-bond donors (Lipinski definition) is 1.